The molecule has 4 aromatic rings. The van der Waals surface area contributed by atoms with E-state index in [1.54, 1.807) is 25.3 Å². The molecule has 23 nitrogen and oxygen atoms in total. The van der Waals surface area contributed by atoms with E-state index in [1.807, 2.05) is 0 Å². The number of nitrogens with two attached hydrogens (primary N) is 2. The Morgan fingerprint density at radius 1 is 1.14 bits per heavy atom. The van der Waals surface area contributed by atoms with Crippen LogP contribution in [0, 0.1) is 11.3 Å². The molecule has 1 spiro atoms. The van der Waals surface area contributed by atoms with Crippen molar-refractivity contribution in [1.82, 2.24) is 39.0 Å². The molecule has 304 valence electrons. The Hall–Kier alpha value is -3.70. The molecule has 11 atom stereocenters. The number of nitrogens with one attached hydrogen (secondary N) is 1. The zero-order valence-electron chi connectivity index (χ0n) is 30.4. The number of fused-ring (bicyclic) bond motifs is 4. The van der Waals surface area contributed by atoms with Gasteiger partial charge in [-0.05, 0) is 33.1 Å². The Bertz CT molecular complexity index is 2310. The number of imidazole rings is 2. The fourth-order valence-corrected chi connectivity index (χ4v) is 13.2. The van der Waals surface area contributed by atoms with Crippen LogP contribution in [-0.4, -0.2) is 119 Å². The van der Waals surface area contributed by atoms with Crippen LogP contribution in [-0.2, 0) is 46.2 Å². The summed E-state index contributed by atoms with van der Waals surface area (Å²) in [6.45, 7) is -0.364. The Kier molecular flexibility index (Phi) is 10.2. The number of hydrogen-bond donors (Lipinski definition) is 4. The van der Waals surface area contributed by atoms with Gasteiger partial charge in [0.25, 0.3) is 5.56 Å². The van der Waals surface area contributed by atoms with Crippen LogP contribution in [0.4, 0.5) is 16.6 Å². The maximum absolute atomic E-state index is 15.3. The molecule has 6 N–H and O–H groups in total. The summed E-state index contributed by atoms with van der Waals surface area (Å²) in [6.07, 6.45) is -3.24. The first-order chi connectivity index (χ1) is 26.7. The number of aromatic amines is 1. The number of ether oxygens (including phenoxy) is 4. The van der Waals surface area contributed by atoms with Crippen molar-refractivity contribution in [3.63, 3.8) is 0 Å². The van der Waals surface area contributed by atoms with E-state index in [0.29, 0.717) is 29.0 Å². The van der Waals surface area contributed by atoms with Gasteiger partial charge in [-0.25, -0.2) is 29.3 Å². The molecule has 2 saturated carbocycles. The molecule has 6 heterocycles. The summed E-state index contributed by atoms with van der Waals surface area (Å²) in [6, 6.07) is -0.763. The lowest BCUT2D eigenvalue weighted by Gasteiger charge is -2.35. The lowest BCUT2D eigenvalue weighted by molar-refractivity contribution is -0.0539. The number of anilines is 2. The summed E-state index contributed by atoms with van der Waals surface area (Å²) in [4.78, 5) is 48.6. The Morgan fingerprint density at radius 3 is 2.66 bits per heavy atom. The van der Waals surface area contributed by atoms with Gasteiger partial charge in [-0.3, -0.25) is 28.0 Å². The fraction of sp³-hybridized carbons (Fsp3) is 0.633. The Labute approximate surface area is 321 Å². The first-order valence-corrected chi connectivity index (χ1v) is 22.3. The zero-order valence-corrected chi connectivity index (χ0v) is 33.0. The van der Waals surface area contributed by atoms with E-state index in [2.05, 4.69) is 29.9 Å². The zero-order chi connectivity index (χ0) is 39.7. The van der Waals surface area contributed by atoms with E-state index in [1.165, 1.54) is 30.7 Å². The molecule has 2 aliphatic carbocycles. The fourth-order valence-electron chi connectivity index (χ4n) is 7.96. The summed E-state index contributed by atoms with van der Waals surface area (Å²) >= 11 is 0.550. The van der Waals surface area contributed by atoms with Crippen molar-refractivity contribution in [1.29, 1.82) is 0 Å². The molecule has 26 heteroatoms. The lowest BCUT2D eigenvalue weighted by atomic mass is 10.0. The number of aliphatic hydroxyl groups is 1. The van der Waals surface area contributed by atoms with Crippen molar-refractivity contribution < 1.29 is 56.1 Å². The molecule has 3 unspecified atom stereocenters. The van der Waals surface area contributed by atoms with E-state index in [0.717, 1.165) is 0 Å². The number of carbonyl (C=O) groups is 1. The van der Waals surface area contributed by atoms with Gasteiger partial charge in [-0.15, -0.1) is 0 Å². The Morgan fingerprint density at radius 2 is 1.91 bits per heavy atom. The van der Waals surface area contributed by atoms with E-state index < -0.39 is 98.4 Å². The molecule has 4 aliphatic rings. The van der Waals surface area contributed by atoms with Crippen LogP contribution >= 0.6 is 25.8 Å². The normalized spacial score (nSPS) is 35.5. The molecule has 56 heavy (non-hydrogen) atoms. The average molecular weight is 843 g/mol. The number of nitrogens with zero attached hydrogens (tertiary/aromatic N) is 7. The van der Waals surface area contributed by atoms with Gasteiger partial charge < -0.3 is 49.1 Å². The Balaban J connectivity index is 1.21. The van der Waals surface area contributed by atoms with Crippen LogP contribution in [0.2, 0.25) is 0 Å². The highest BCUT2D eigenvalue weighted by molar-refractivity contribution is 8.55. The van der Waals surface area contributed by atoms with Crippen molar-refractivity contribution in [2.45, 2.75) is 75.6 Å². The molecule has 4 aromatic heterocycles. The predicted molar refractivity (Wildman–Crippen MR) is 195 cm³/mol. The maximum Gasteiger partial charge on any atom is 0.509 e. The van der Waals surface area contributed by atoms with Crippen molar-refractivity contribution in [3.8, 4) is 0 Å². The second-order valence-electron chi connectivity index (χ2n) is 13.9. The van der Waals surface area contributed by atoms with Gasteiger partial charge in [-0.1, -0.05) is 0 Å². The summed E-state index contributed by atoms with van der Waals surface area (Å²) in [7, 11) is -2.97. The highest BCUT2D eigenvalue weighted by atomic mass is 32.7. The average Bonchev–Trinajstić information content (AvgIpc) is 3.47. The third kappa shape index (κ3) is 6.58. The second kappa shape index (κ2) is 14.6. The van der Waals surface area contributed by atoms with Crippen molar-refractivity contribution in [2.24, 2.45) is 11.3 Å². The second-order valence-corrected chi connectivity index (χ2v) is 20.1. The van der Waals surface area contributed by atoms with Gasteiger partial charge in [0.05, 0.1) is 44.6 Å². The number of aromatic nitrogens is 8. The van der Waals surface area contributed by atoms with E-state index in [4.69, 9.17) is 48.5 Å². The minimum atomic E-state index is -4.42. The molecule has 2 saturated heterocycles. The summed E-state index contributed by atoms with van der Waals surface area (Å²) in [5, 5.41) is 12.1. The number of carbonyl (C=O) groups excluding carboxylic acids is 1. The largest absolute Gasteiger partial charge is 0.509 e. The third-order valence-corrected chi connectivity index (χ3v) is 16.1. The minimum Gasteiger partial charge on any atom is -0.432 e. The van der Waals surface area contributed by atoms with Crippen LogP contribution in [0.1, 0.15) is 39.5 Å². The molecule has 0 amide bonds. The molecule has 4 fully saturated rings. The predicted octanol–water partition coefficient (Wildman–Crippen LogP) is 2.35. The standard InChI is InChI=1S/C30H40N10O13P2S/c1-5-48-54(44)21-20(46-4)15(52-27(21)40-11-36-17-25(40)37-28(32)38-26(17)42)7-49-55(45,56-12-47-29(43)51-13(2)3)53-22-19(41)18(14-6-30(14,22)8-50-54)39-10-35-16-23(31)33-9-34-24(16)39/h9-11,13-15,18-22,27,41H,5-8,12H2,1-4H3,(H2,31,33,34)(H3,32,37,38,42)/t14-,15-,18-,19+,20-,21-,22+,27?,30+,54?,55?/m1/s1. The van der Waals surface area contributed by atoms with Crippen LogP contribution in [0.5, 0.6) is 0 Å². The summed E-state index contributed by atoms with van der Waals surface area (Å²) in [5.41, 5.74) is 9.57. The highest BCUT2D eigenvalue weighted by Gasteiger charge is 2.74. The highest BCUT2D eigenvalue weighted by Crippen LogP contribution is 2.75. The lowest BCUT2D eigenvalue weighted by Crippen LogP contribution is -2.40. The van der Waals surface area contributed by atoms with Crippen molar-refractivity contribution in [3.05, 3.63) is 29.3 Å². The number of H-pyrrole nitrogens is 1. The monoisotopic (exact) mass is 842 g/mol. The molecule has 8 rings (SSSR count). The maximum atomic E-state index is 15.3. The summed E-state index contributed by atoms with van der Waals surface area (Å²) < 4.78 is 80.6. The van der Waals surface area contributed by atoms with Gasteiger partial charge in [0.15, 0.2) is 34.8 Å². The van der Waals surface area contributed by atoms with Gasteiger partial charge in [0, 0.05) is 23.9 Å². The SMILES string of the molecule is CCOP1(=O)OC[C@@]23C[C@@H]2[C@@H](n2cnc4c(N)ncnc42)[C@H](O)[C@@H]3OP(=O)(SCOC(=O)OC(C)C)OC[C@H]2OC(n3cnc4c(=O)[nH]c(N)nc43)[C@H]1[C@@H]2OC. The number of aliphatic hydroxyl groups excluding tert-OH is 1. The topological polar surface area (TPSA) is 304 Å². The molecule has 2 aliphatic heterocycles. The van der Waals surface area contributed by atoms with Gasteiger partial charge >= 0.3 is 20.5 Å². The number of methoxy groups -OCH3 is 1. The first kappa shape index (κ1) is 39.1. The van der Waals surface area contributed by atoms with E-state index in [9.17, 15) is 19.3 Å². The van der Waals surface area contributed by atoms with Gasteiger partial charge in [-0.2, -0.15) is 4.98 Å². The van der Waals surface area contributed by atoms with Crippen molar-refractivity contribution >= 4 is 66.0 Å². The molecule has 2 bridgehead atoms. The van der Waals surface area contributed by atoms with E-state index >= 15 is 4.57 Å². The van der Waals surface area contributed by atoms with Crippen molar-refractivity contribution in [2.75, 3.05) is 44.3 Å². The quantitative estimate of drug-likeness (QED) is 0.107. The molecular formula is C30H40N10O13P2S. The van der Waals surface area contributed by atoms with Crippen LogP contribution in [0.15, 0.2) is 23.8 Å². The molecule has 0 radical (unpaired) electrons. The van der Waals surface area contributed by atoms with Crippen LogP contribution in [0.25, 0.3) is 22.3 Å². The smallest absolute Gasteiger partial charge is 0.432 e. The van der Waals surface area contributed by atoms with Gasteiger partial charge in [0.2, 0.25) is 5.95 Å². The van der Waals surface area contributed by atoms with E-state index in [-0.39, 0.29) is 36.1 Å². The van der Waals surface area contributed by atoms with Crippen LogP contribution < -0.4 is 17.0 Å². The number of nitrogen functional groups attached to an aromatic ring is 2. The van der Waals surface area contributed by atoms with Gasteiger partial charge in [0.1, 0.15) is 41.9 Å². The third-order valence-electron chi connectivity index (χ3n) is 10.4. The molecular weight excluding hydrogens is 802 g/mol. The minimum absolute atomic E-state index is 0.0136. The number of hydrogen-bond acceptors (Lipinski definition) is 21. The van der Waals surface area contributed by atoms with Crippen LogP contribution in [0.3, 0.4) is 0 Å². The molecule has 0 aromatic carbocycles. The first-order valence-electron chi connectivity index (χ1n) is 17.5. The summed E-state index contributed by atoms with van der Waals surface area (Å²) in [5.74, 6) is -1.01. The number of rotatable bonds is 9.